The Morgan fingerprint density at radius 3 is 2.56 bits per heavy atom. The van der Waals surface area contributed by atoms with Gasteiger partial charge in [-0.15, -0.1) is 0 Å². The summed E-state index contributed by atoms with van der Waals surface area (Å²) in [6.45, 7) is 0. The summed E-state index contributed by atoms with van der Waals surface area (Å²) >= 11 is 3.81. The molecule has 0 saturated heterocycles. The Kier molecular flexibility index (Phi) is 4.47. The lowest BCUT2D eigenvalue weighted by molar-refractivity contribution is -0.139. The van der Waals surface area contributed by atoms with Crippen LogP contribution < -0.4 is 10.9 Å². The predicted octanol–water partition coefficient (Wildman–Crippen LogP) is -0.907. The summed E-state index contributed by atoms with van der Waals surface area (Å²) in [6, 6.07) is -0.613. The maximum absolute atomic E-state index is 10.2. The molecule has 0 aliphatic rings. The molecule has 0 heterocycles. The fourth-order valence-electron chi connectivity index (χ4n) is 0.360. The van der Waals surface area contributed by atoms with Crippen molar-refractivity contribution in [2.75, 3.05) is 12.8 Å². The molecule has 0 rings (SSSR count). The molecule has 3 N–H and O–H groups in total. The minimum Gasteiger partial charge on any atom is -0.480 e. The van der Waals surface area contributed by atoms with Gasteiger partial charge in [0.1, 0.15) is 6.04 Å². The number of hydrogen-bond donors (Lipinski definition) is 4. The number of nitrogens with one attached hydrogen (secondary N) is 2. The lowest BCUT2D eigenvalue weighted by Gasteiger charge is -2.08. The summed E-state index contributed by atoms with van der Waals surface area (Å²) in [7, 11) is 1.61. The highest BCUT2D eigenvalue weighted by atomic mass is 32.1. The molecular weight excluding hydrogens is 140 g/mol. The maximum Gasteiger partial charge on any atom is 0.322 e. The number of hydrazine groups is 1. The average Bonchev–Trinajstić information content (AvgIpc) is 1.82. The van der Waals surface area contributed by atoms with E-state index in [-0.39, 0.29) is 5.75 Å². The molecule has 0 aromatic heterocycles. The number of carboxylic acid groups (broad SMARTS) is 1. The van der Waals surface area contributed by atoms with Crippen LogP contribution in [-0.4, -0.2) is 29.9 Å². The van der Waals surface area contributed by atoms with Crippen molar-refractivity contribution in [1.82, 2.24) is 10.9 Å². The van der Waals surface area contributed by atoms with E-state index < -0.39 is 12.0 Å². The summed E-state index contributed by atoms with van der Waals surface area (Å²) in [5.41, 5.74) is 5.03. The largest absolute Gasteiger partial charge is 0.480 e. The van der Waals surface area contributed by atoms with E-state index in [0.29, 0.717) is 0 Å². The van der Waals surface area contributed by atoms with Crippen molar-refractivity contribution in [3.63, 3.8) is 0 Å². The number of rotatable bonds is 4. The van der Waals surface area contributed by atoms with Gasteiger partial charge in [-0.3, -0.25) is 10.2 Å². The molecule has 9 heavy (non-hydrogen) atoms. The van der Waals surface area contributed by atoms with Crippen LogP contribution in [-0.2, 0) is 4.79 Å². The zero-order valence-corrected chi connectivity index (χ0v) is 5.98. The van der Waals surface area contributed by atoms with Crippen LogP contribution in [0, 0.1) is 0 Å². The number of carboxylic acids is 1. The average molecular weight is 150 g/mol. The first-order valence-electron chi connectivity index (χ1n) is 2.48. The summed E-state index contributed by atoms with van der Waals surface area (Å²) in [4.78, 5) is 10.2. The zero-order valence-electron chi connectivity index (χ0n) is 5.09. The third-order valence-corrected chi connectivity index (χ3v) is 1.16. The molecule has 5 heteroatoms. The predicted molar refractivity (Wildman–Crippen MR) is 37.5 cm³/mol. The van der Waals surface area contributed by atoms with Crippen LogP contribution in [0.25, 0.3) is 0 Å². The Labute approximate surface area is 59.0 Å². The summed E-state index contributed by atoms with van der Waals surface area (Å²) in [6.07, 6.45) is 0. The Balaban J connectivity index is 3.54. The second kappa shape index (κ2) is 4.60. The van der Waals surface area contributed by atoms with E-state index >= 15 is 0 Å². The van der Waals surface area contributed by atoms with E-state index in [1.54, 1.807) is 7.05 Å². The highest BCUT2D eigenvalue weighted by molar-refractivity contribution is 7.80. The van der Waals surface area contributed by atoms with E-state index in [4.69, 9.17) is 5.11 Å². The third-order valence-electron chi connectivity index (χ3n) is 0.799. The fourth-order valence-corrected chi connectivity index (χ4v) is 0.607. The molecule has 0 bridgehead atoms. The number of thiol groups is 1. The zero-order chi connectivity index (χ0) is 7.28. The van der Waals surface area contributed by atoms with Gasteiger partial charge in [-0.05, 0) is 7.05 Å². The SMILES string of the molecule is CNNC(CS)C(=O)O. The molecule has 0 saturated carbocycles. The summed E-state index contributed by atoms with van der Waals surface area (Å²) in [5, 5.41) is 8.35. The fraction of sp³-hybridized carbons (Fsp3) is 0.750. The van der Waals surface area contributed by atoms with Crippen molar-refractivity contribution >= 4 is 18.6 Å². The van der Waals surface area contributed by atoms with Crippen LogP contribution in [0.15, 0.2) is 0 Å². The van der Waals surface area contributed by atoms with Gasteiger partial charge in [0.2, 0.25) is 0 Å². The Morgan fingerprint density at radius 1 is 1.89 bits per heavy atom. The van der Waals surface area contributed by atoms with Crippen LogP contribution >= 0.6 is 12.6 Å². The first kappa shape index (κ1) is 8.74. The van der Waals surface area contributed by atoms with E-state index in [1.807, 2.05) is 0 Å². The molecule has 54 valence electrons. The van der Waals surface area contributed by atoms with Gasteiger partial charge < -0.3 is 5.11 Å². The molecule has 4 nitrogen and oxygen atoms in total. The smallest absolute Gasteiger partial charge is 0.322 e. The van der Waals surface area contributed by atoms with Gasteiger partial charge in [0.05, 0.1) is 0 Å². The minimum atomic E-state index is -0.903. The summed E-state index contributed by atoms with van der Waals surface area (Å²) < 4.78 is 0. The van der Waals surface area contributed by atoms with Crippen LogP contribution in [0.2, 0.25) is 0 Å². The second-order valence-electron chi connectivity index (χ2n) is 1.47. The number of carbonyl (C=O) groups is 1. The van der Waals surface area contributed by atoms with E-state index in [1.165, 1.54) is 0 Å². The molecule has 0 amide bonds. The van der Waals surface area contributed by atoms with Crippen molar-refractivity contribution in [2.24, 2.45) is 0 Å². The summed E-state index contributed by atoms with van der Waals surface area (Å²) in [5.74, 6) is -0.629. The number of aliphatic carboxylic acids is 1. The molecule has 0 fully saturated rings. The third kappa shape index (κ3) is 3.34. The van der Waals surface area contributed by atoms with Crippen molar-refractivity contribution in [3.8, 4) is 0 Å². The molecular formula is C4H10N2O2S. The maximum atomic E-state index is 10.2. The van der Waals surface area contributed by atoms with Gasteiger partial charge in [-0.2, -0.15) is 12.6 Å². The Hall–Kier alpha value is -0.260. The van der Waals surface area contributed by atoms with Crippen LogP contribution in [0.1, 0.15) is 0 Å². The molecule has 0 spiro atoms. The van der Waals surface area contributed by atoms with Crippen molar-refractivity contribution < 1.29 is 9.90 Å². The second-order valence-corrected chi connectivity index (χ2v) is 1.83. The molecule has 0 aliphatic heterocycles. The highest BCUT2D eigenvalue weighted by Crippen LogP contribution is 1.84. The van der Waals surface area contributed by atoms with Crippen LogP contribution in [0.5, 0.6) is 0 Å². The van der Waals surface area contributed by atoms with Gasteiger partial charge in [-0.25, -0.2) is 5.43 Å². The standard InChI is InChI=1S/C4H10N2O2S/c1-5-6-3(2-9)4(7)8/h3,5-6,9H,2H2,1H3,(H,7,8). The highest BCUT2D eigenvalue weighted by Gasteiger charge is 2.12. The Morgan fingerprint density at radius 2 is 2.44 bits per heavy atom. The molecule has 0 aliphatic carbocycles. The normalized spacial score (nSPS) is 13.1. The number of hydrogen-bond acceptors (Lipinski definition) is 4. The topological polar surface area (TPSA) is 61.4 Å². The molecule has 0 aromatic rings. The van der Waals surface area contributed by atoms with Gasteiger partial charge in [-0.1, -0.05) is 0 Å². The first-order chi connectivity index (χ1) is 4.22. The monoisotopic (exact) mass is 150 g/mol. The van der Waals surface area contributed by atoms with Gasteiger partial charge in [0.25, 0.3) is 0 Å². The van der Waals surface area contributed by atoms with E-state index in [2.05, 4.69) is 23.5 Å². The first-order valence-corrected chi connectivity index (χ1v) is 3.11. The molecule has 1 unspecified atom stereocenters. The van der Waals surface area contributed by atoms with E-state index in [0.717, 1.165) is 0 Å². The molecule has 0 aromatic carbocycles. The van der Waals surface area contributed by atoms with Crippen molar-refractivity contribution in [3.05, 3.63) is 0 Å². The molecule has 0 radical (unpaired) electrons. The Bertz CT molecular complexity index is 98.6. The van der Waals surface area contributed by atoms with Gasteiger partial charge >= 0.3 is 5.97 Å². The van der Waals surface area contributed by atoms with Crippen molar-refractivity contribution in [1.29, 1.82) is 0 Å². The molecule has 1 atom stereocenters. The van der Waals surface area contributed by atoms with Gasteiger partial charge in [0.15, 0.2) is 0 Å². The van der Waals surface area contributed by atoms with E-state index in [9.17, 15) is 4.79 Å². The van der Waals surface area contributed by atoms with Crippen LogP contribution in [0.4, 0.5) is 0 Å². The van der Waals surface area contributed by atoms with Gasteiger partial charge in [0, 0.05) is 5.75 Å². The van der Waals surface area contributed by atoms with Crippen molar-refractivity contribution in [2.45, 2.75) is 6.04 Å². The van der Waals surface area contributed by atoms with Crippen LogP contribution in [0.3, 0.4) is 0 Å². The minimum absolute atomic E-state index is 0.274. The lowest BCUT2D eigenvalue weighted by atomic mass is 10.4. The lowest BCUT2D eigenvalue weighted by Crippen LogP contribution is -2.44. The quantitative estimate of drug-likeness (QED) is 0.309.